The van der Waals surface area contributed by atoms with E-state index in [4.69, 9.17) is 4.74 Å². The molecule has 0 radical (unpaired) electrons. The number of ether oxygens (including phenoxy) is 1. The zero-order valence-electron chi connectivity index (χ0n) is 20.2. The first-order valence-corrected chi connectivity index (χ1v) is 11.7. The highest BCUT2D eigenvalue weighted by Crippen LogP contribution is 2.17. The first-order valence-electron chi connectivity index (χ1n) is 11.7. The molecule has 0 atom stereocenters. The number of nitrogens with one attached hydrogen (secondary N) is 2. The maximum Gasteiger partial charge on any atom is 0.325 e. The van der Waals surface area contributed by atoms with E-state index >= 15 is 0 Å². The molecule has 2 aromatic carbocycles. The molecule has 2 aromatic rings. The number of benzene rings is 2. The lowest BCUT2D eigenvalue weighted by molar-refractivity contribution is -0.131. The smallest absolute Gasteiger partial charge is 0.325 e. The number of rotatable bonds is 7. The van der Waals surface area contributed by atoms with Crippen molar-refractivity contribution in [3.05, 3.63) is 59.2 Å². The molecular weight excluding hydrogens is 432 g/mol. The topological polar surface area (TPSA) is 91.0 Å². The highest BCUT2D eigenvalue weighted by atomic mass is 16.5. The summed E-state index contributed by atoms with van der Waals surface area (Å²) in [4.78, 5) is 41.2. The number of carbonyl (C=O) groups is 3. The number of imide groups is 1. The molecule has 0 saturated carbocycles. The lowest BCUT2D eigenvalue weighted by Gasteiger charge is -2.22. The van der Waals surface area contributed by atoms with Gasteiger partial charge in [-0.15, -0.1) is 0 Å². The number of hydrogen-bond donors (Lipinski definition) is 2. The van der Waals surface area contributed by atoms with Crippen LogP contribution in [0.5, 0.6) is 5.75 Å². The van der Waals surface area contributed by atoms with Crippen molar-refractivity contribution in [2.24, 2.45) is 0 Å². The fourth-order valence-corrected chi connectivity index (χ4v) is 3.99. The Morgan fingerprint density at radius 2 is 1.74 bits per heavy atom. The van der Waals surface area contributed by atoms with Crippen LogP contribution in [0.1, 0.15) is 29.5 Å². The molecule has 0 aromatic heterocycles. The van der Waals surface area contributed by atoms with Crippen LogP contribution < -0.4 is 15.4 Å². The molecule has 0 aliphatic carbocycles. The van der Waals surface area contributed by atoms with E-state index in [1.807, 2.05) is 60.0 Å². The normalized spacial score (nSPS) is 14.3. The van der Waals surface area contributed by atoms with E-state index in [9.17, 15) is 14.4 Å². The van der Waals surface area contributed by atoms with Crippen molar-refractivity contribution in [2.75, 3.05) is 45.2 Å². The van der Waals surface area contributed by atoms with Gasteiger partial charge < -0.3 is 15.0 Å². The molecule has 1 fully saturated rings. The standard InChI is InChI=1S/C26H34N4O4/c1-19-6-4-7-23(20(19)2)27-26(33)28-24(31)18-29-14-5-15-30(17-16-29)25(32)13-10-21-8-11-22(34-3)12-9-21/h4,6-9,11-12H,5,10,13-18H2,1-3H3,(H2,27,28,31,33). The van der Waals surface area contributed by atoms with Crippen molar-refractivity contribution in [3.63, 3.8) is 0 Å². The molecule has 0 spiro atoms. The Balaban J connectivity index is 1.41. The lowest BCUT2D eigenvalue weighted by atomic mass is 10.1. The van der Waals surface area contributed by atoms with Crippen molar-refractivity contribution in [1.29, 1.82) is 0 Å². The van der Waals surface area contributed by atoms with Gasteiger partial charge in [-0.05, 0) is 61.6 Å². The lowest BCUT2D eigenvalue weighted by Crippen LogP contribution is -2.43. The number of methoxy groups -OCH3 is 1. The summed E-state index contributed by atoms with van der Waals surface area (Å²) in [7, 11) is 1.63. The number of anilines is 1. The third-order valence-corrected chi connectivity index (χ3v) is 6.20. The van der Waals surface area contributed by atoms with Crippen molar-refractivity contribution in [1.82, 2.24) is 15.1 Å². The van der Waals surface area contributed by atoms with Gasteiger partial charge in [-0.2, -0.15) is 0 Å². The molecule has 0 unspecified atom stereocenters. The maximum absolute atomic E-state index is 12.7. The van der Waals surface area contributed by atoms with Gasteiger partial charge in [0.05, 0.1) is 13.7 Å². The summed E-state index contributed by atoms with van der Waals surface area (Å²) in [5.74, 6) is 0.562. The number of urea groups is 1. The summed E-state index contributed by atoms with van der Waals surface area (Å²) in [6, 6.07) is 12.9. The largest absolute Gasteiger partial charge is 0.497 e. The maximum atomic E-state index is 12.7. The van der Waals surface area contributed by atoms with Gasteiger partial charge in [0.25, 0.3) is 0 Å². The molecule has 1 saturated heterocycles. The molecular formula is C26H34N4O4. The minimum atomic E-state index is -0.538. The van der Waals surface area contributed by atoms with E-state index in [0.29, 0.717) is 44.7 Å². The van der Waals surface area contributed by atoms with Gasteiger partial charge in [-0.1, -0.05) is 24.3 Å². The highest BCUT2D eigenvalue weighted by Gasteiger charge is 2.21. The van der Waals surface area contributed by atoms with Crippen LogP contribution in [-0.2, 0) is 16.0 Å². The Morgan fingerprint density at radius 3 is 2.47 bits per heavy atom. The van der Waals surface area contributed by atoms with Crippen LogP contribution in [0.15, 0.2) is 42.5 Å². The Bertz CT molecular complexity index is 1010. The van der Waals surface area contributed by atoms with E-state index < -0.39 is 6.03 Å². The van der Waals surface area contributed by atoms with Crippen LogP contribution in [-0.4, -0.2) is 67.5 Å². The molecule has 182 valence electrons. The number of carbonyl (C=O) groups excluding carboxylic acids is 3. The Labute approximate surface area is 201 Å². The number of nitrogens with zero attached hydrogens (tertiary/aromatic N) is 2. The third-order valence-electron chi connectivity index (χ3n) is 6.20. The fourth-order valence-electron chi connectivity index (χ4n) is 3.99. The second-order valence-electron chi connectivity index (χ2n) is 8.61. The van der Waals surface area contributed by atoms with Gasteiger partial charge in [0.15, 0.2) is 0 Å². The van der Waals surface area contributed by atoms with Gasteiger partial charge >= 0.3 is 6.03 Å². The van der Waals surface area contributed by atoms with E-state index in [0.717, 1.165) is 28.9 Å². The Kier molecular flexibility index (Phi) is 9.04. The van der Waals surface area contributed by atoms with Crippen LogP contribution in [0.2, 0.25) is 0 Å². The van der Waals surface area contributed by atoms with E-state index in [1.165, 1.54) is 0 Å². The predicted molar refractivity (Wildman–Crippen MR) is 132 cm³/mol. The molecule has 1 aliphatic heterocycles. The van der Waals surface area contributed by atoms with Crippen molar-refractivity contribution in [3.8, 4) is 5.75 Å². The van der Waals surface area contributed by atoms with Crippen LogP contribution in [0.4, 0.5) is 10.5 Å². The number of amides is 4. The summed E-state index contributed by atoms with van der Waals surface area (Å²) in [6.45, 7) is 6.56. The number of aryl methyl sites for hydroxylation is 2. The average Bonchev–Trinajstić information content (AvgIpc) is 3.06. The van der Waals surface area contributed by atoms with Gasteiger partial charge in [0, 0.05) is 38.3 Å². The van der Waals surface area contributed by atoms with Gasteiger partial charge in [0.2, 0.25) is 11.8 Å². The SMILES string of the molecule is COc1ccc(CCC(=O)N2CCCN(CC(=O)NC(=O)Nc3cccc(C)c3C)CC2)cc1. The van der Waals surface area contributed by atoms with E-state index in [2.05, 4.69) is 10.6 Å². The number of hydrogen-bond acceptors (Lipinski definition) is 5. The summed E-state index contributed by atoms with van der Waals surface area (Å²) in [6.07, 6.45) is 1.92. The van der Waals surface area contributed by atoms with Crippen LogP contribution >= 0.6 is 0 Å². The molecule has 1 heterocycles. The molecule has 8 heteroatoms. The second-order valence-corrected chi connectivity index (χ2v) is 8.61. The van der Waals surface area contributed by atoms with Crippen LogP contribution in [0, 0.1) is 13.8 Å². The summed E-state index contributed by atoms with van der Waals surface area (Å²) >= 11 is 0. The van der Waals surface area contributed by atoms with E-state index in [-0.39, 0.29) is 18.4 Å². The first-order chi connectivity index (χ1) is 16.4. The van der Waals surface area contributed by atoms with Crippen molar-refractivity contribution in [2.45, 2.75) is 33.1 Å². The molecule has 4 amide bonds. The quantitative estimate of drug-likeness (QED) is 0.654. The zero-order chi connectivity index (χ0) is 24.5. The van der Waals surface area contributed by atoms with Crippen molar-refractivity contribution < 1.29 is 19.1 Å². The minimum absolute atomic E-state index is 0.119. The molecule has 2 N–H and O–H groups in total. The fraction of sp³-hybridized carbons (Fsp3) is 0.423. The highest BCUT2D eigenvalue weighted by molar-refractivity contribution is 6.02. The Hall–Kier alpha value is -3.39. The first kappa shape index (κ1) is 25.2. The van der Waals surface area contributed by atoms with Gasteiger partial charge in [-0.3, -0.25) is 19.8 Å². The molecule has 34 heavy (non-hydrogen) atoms. The molecule has 8 nitrogen and oxygen atoms in total. The molecule has 3 rings (SSSR count). The monoisotopic (exact) mass is 466 g/mol. The predicted octanol–water partition coefficient (Wildman–Crippen LogP) is 3.13. The summed E-state index contributed by atoms with van der Waals surface area (Å²) in [5.41, 5.74) is 3.82. The van der Waals surface area contributed by atoms with Gasteiger partial charge in [-0.25, -0.2) is 4.79 Å². The minimum Gasteiger partial charge on any atom is -0.497 e. The third kappa shape index (κ3) is 7.31. The summed E-state index contributed by atoms with van der Waals surface area (Å²) in [5, 5.41) is 5.14. The van der Waals surface area contributed by atoms with Gasteiger partial charge in [0.1, 0.15) is 5.75 Å². The molecule has 1 aliphatic rings. The average molecular weight is 467 g/mol. The van der Waals surface area contributed by atoms with Crippen LogP contribution in [0.3, 0.4) is 0 Å². The Morgan fingerprint density at radius 1 is 0.971 bits per heavy atom. The summed E-state index contributed by atoms with van der Waals surface area (Å²) < 4.78 is 5.17. The molecule has 0 bridgehead atoms. The van der Waals surface area contributed by atoms with Crippen molar-refractivity contribution >= 4 is 23.5 Å². The second kappa shape index (κ2) is 12.2. The van der Waals surface area contributed by atoms with E-state index in [1.54, 1.807) is 13.2 Å². The zero-order valence-corrected chi connectivity index (χ0v) is 20.2. The van der Waals surface area contributed by atoms with Crippen LogP contribution in [0.25, 0.3) is 0 Å².